The van der Waals surface area contributed by atoms with E-state index < -0.39 is 5.82 Å². The first kappa shape index (κ1) is 14.0. The molecule has 0 aliphatic carbocycles. The van der Waals surface area contributed by atoms with E-state index >= 15 is 0 Å². The van der Waals surface area contributed by atoms with Gasteiger partial charge in [0.1, 0.15) is 16.0 Å². The molecule has 100 valence electrons. The van der Waals surface area contributed by atoms with Crippen LogP contribution in [-0.2, 0) is 6.54 Å². The minimum absolute atomic E-state index is 0.0669. The van der Waals surface area contributed by atoms with Crippen molar-refractivity contribution in [3.05, 3.63) is 55.9 Å². The topological polar surface area (TPSA) is 44.1 Å². The van der Waals surface area contributed by atoms with Gasteiger partial charge in [-0.15, -0.1) is 0 Å². The molecule has 0 aliphatic heterocycles. The smallest absolute Gasteiger partial charge is 0.269 e. The molecule has 0 atom stereocenters. The minimum atomic E-state index is -0.447. The van der Waals surface area contributed by atoms with Crippen molar-refractivity contribution in [2.45, 2.75) is 6.54 Å². The number of aromatic nitrogens is 2. The van der Waals surface area contributed by atoms with Crippen molar-refractivity contribution >= 4 is 27.5 Å². The van der Waals surface area contributed by atoms with Crippen molar-refractivity contribution in [1.82, 2.24) is 9.55 Å². The van der Waals surface area contributed by atoms with Crippen LogP contribution in [0.2, 0.25) is 5.15 Å². The molecule has 0 fully saturated rings. The van der Waals surface area contributed by atoms with E-state index in [2.05, 4.69) is 20.9 Å². The molecule has 2 rings (SSSR count). The molecular formula is C12H9BrClFN2O2. The van der Waals surface area contributed by atoms with Crippen molar-refractivity contribution in [3.8, 4) is 5.75 Å². The average Bonchev–Trinajstić information content (AvgIpc) is 2.41. The lowest BCUT2D eigenvalue weighted by Crippen LogP contribution is -2.22. The SMILES string of the molecule is COc1ccc(Cn2cnc(Cl)c(Br)c2=O)c(F)c1. The summed E-state index contributed by atoms with van der Waals surface area (Å²) in [6.45, 7) is 0.0669. The first-order valence-corrected chi connectivity index (χ1v) is 6.43. The van der Waals surface area contributed by atoms with Crippen LogP contribution < -0.4 is 10.3 Å². The molecule has 0 radical (unpaired) electrons. The lowest BCUT2D eigenvalue weighted by atomic mass is 10.2. The molecule has 0 saturated heterocycles. The Kier molecular flexibility index (Phi) is 4.21. The normalized spacial score (nSPS) is 10.5. The molecule has 1 heterocycles. The van der Waals surface area contributed by atoms with Crippen LogP contribution in [0.5, 0.6) is 5.75 Å². The molecule has 1 aromatic heterocycles. The van der Waals surface area contributed by atoms with Crippen molar-refractivity contribution in [3.63, 3.8) is 0 Å². The summed E-state index contributed by atoms with van der Waals surface area (Å²) in [6, 6.07) is 4.45. The number of rotatable bonds is 3. The van der Waals surface area contributed by atoms with E-state index in [0.717, 1.165) is 0 Å². The van der Waals surface area contributed by atoms with E-state index in [4.69, 9.17) is 16.3 Å². The molecule has 0 aliphatic rings. The second kappa shape index (κ2) is 5.71. The maximum absolute atomic E-state index is 13.8. The van der Waals surface area contributed by atoms with Crippen LogP contribution in [0.3, 0.4) is 0 Å². The third-order valence-corrected chi connectivity index (χ3v) is 3.77. The maximum Gasteiger partial charge on any atom is 0.269 e. The summed E-state index contributed by atoms with van der Waals surface area (Å²) in [4.78, 5) is 15.7. The van der Waals surface area contributed by atoms with Gasteiger partial charge in [-0.3, -0.25) is 9.36 Å². The van der Waals surface area contributed by atoms with Crippen LogP contribution >= 0.6 is 27.5 Å². The summed E-state index contributed by atoms with van der Waals surface area (Å²) in [5.74, 6) is -0.0265. The summed E-state index contributed by atoms with van der Waals surface area (Å²) in [7, 11) is 1.46. The van der Waals surface area contributed by atoms with Crippen molar-refractivity contribution < 1.29 is 9.13 Å². The van der Waals surface area contributed by atoms with Gasteiger partial charge in [-0.2, -0.15) is 0 Å². The Bertz CT molecular complexity index is 675. The van der Waals surface area contributed by atoms with Crippen LogP contribution in [0, 0.1) is 5.82 Å². The second-order valence-corrected chi connectivity index (χ2v) is 4.89. The molecule has 7 heteroatoms. The second-order valence-electron chi connectivity index (χ2n) is 3.74. The molecule has 19 heavy (non-hydrogen) atoms. The minimum Gasteiger partial charge on any atom is -0.497 e. The van der Waals surface area contributed by atoms with Gasteiger partial charge < -0.3 is 4.74 Å². The average molecular weight is 348 g/mol. The number of halogens is 3. The first-order valence-electron chi connectivity index (χ1n) is 5.25. The molecule has 0 saturated carbocycles. The monoisotopic (exact) mass is 346 g/mol. The van der Waals surface area contributed by atoms with E-state index in [9.17, 15) is 9.18 Å². The number of methoxy groups -OCH3 is 1. The van der Waals surface area contributed by atoms with Gasteiger partial charge in [0.15, 0.2) is 5.15 Å². The number of benzene rings is 1. The van der Waals surface area contributed by atoms with E-state index in [1.54, 1.807) is 12.1 Å². The predicted molar refractivity (Wildman–Crippen MR) is 73.3 cm³/mol. The highest BCUT2D eigenvalue weighted by Gasteiger charge is 2.10. The fourth-order valence-electron chi connectivity index (χ4n) is 1.52. The van der Waals surface area contributed by atoms with Crippen molar-refractivity contribution in [2.75, 3.05) is 7.11 Å². The molecule has 0 amide bonds. The van der Waals surface area contributed by atoms with Gasteiger partial charge in [-0.1, -0.05) is 17.7 Å². The Balaban J connectivity index is 2.37. The lowest BCUT2D eigenvalue weighted by Gasteiger charge is -2.08. The number of hydrogen-bond acceptors (Lipinski definition) is 3. The Morgan fingerprint density at radius 2 is 2.26 bits per heavy atom. The third-order valence-electron chi connectivity index (χ3n) is 2.54. The third kappa shape index (κ3) is 2.96. The summed E-state index contributed by atoms with van der Waals surface area (Å²) >= 11 is 8.74. The highest BCUT2D eigenvalue weighted by Crippen LogP contribution is 2.18. The fraction of sp³-hybridized carbons (Fsp3) is 0.167. The number of nitrogens with zero attached hydrogens (tertiary/aromatic N) is 2. The molecule has 2 aromatic rings. The van der Waals surface area contributed by atoms with Crippen LogP contribution in [0.15, 0.2) is 33.8 Å². The van der Waals surface area contributed by atoms with E-state index in [1.165, 1.54) is 24.1 Å². The first-order chi connectivity index (χ1) is 9.02. The highest BCUT2D eigenvalue weighted by atomic mass is 79.9. The lowest BCUT2D eigenvalue weighted by molar-refractivity contribution is 0.410. The van der Waals surface area contributed by atoms with Crippen molar-refractivity contribution in [1.29, 1.82) is 0 Å². The van der Waals surface area contributed by atoms with E-state index in [0.29, 0.717) is 11.3 Å². The molecule has 1 aromatic carbocycles. The van der Waals surface area contributed by atoms with E-state index in [1.807, 2.05) is 0 Å². The largest absolute Gasteiger partial charge is 0.497 e. The van der Waals surface area contributed by atoms with Crippen LogP contribution in [-0.4, -0.2) is 16.7 Å². The van der Waals surface area contributed by atoms with Crippen LogP contribution in [0.1, 0.15) is 5.56 Å². The van der Waals surface area contributed by atoms with Gasteiger partial charge in [-0.05, 0) is 22.0 Å². The number of ether oxygens (including phenoxy) is 1. The molecule has 0 unspecified atom stereocenters. The number of hydrogen-bond donors (Lipinski definition) is 0. The van der Waals surface area contributed by atoms with Gasteiger partial charge in [0.05, 0.1) is 20.0 Å². The molecule has 0 N–H and O–H groups in total. The van der Waals surface area contributed by atoms with Crippen LogP contribution in [0.4, 0.5) is 4.39 Å². The fourth-order valence-corrected chi connectivity index (χ4v) is 1.98. The zero-order valence-electron chi connectivity index (χ0n) is 9.86. The summed E-state index contributed by atoms with van der Waals surface area (Å²) in [6.07, 6.45) is 1.28. The maximum atomic E-state index is 13.8. The zero-order valence-corrected chi connectivity index (χ0v) is 12.2. The van der Waals surface area contributed by atoms with Crippen molar-refractivity contribution in [2.24, 2.45) is 0 Å². The molecule has 0 bridgehead atoms. The zero-order chi connectivity index (χ0) is 14.0. The predicted octanol–water partition coefficient (Wildman–Crippen LogP) is 2.86. The van der Waals surface area contributed by atoms with E-state index in [-0.39, 0.29) is 21.7 Å². The summed E-state index contributed by atoms with van der Waals surface area (Å²) in [5.41, 5.74) is -0.00543. The van der Waals surface area contributed by atoms with Gasteiger partial charge in [-0.25, -0.2) is 9.37 Å². The molecule has 4 nitrogen and oxygen atoms in total. The summed E-state index contributed by atoms with van der Waals surface area (Å²) < 4.78 is 20.1. The molecular weight excluding hydrogens is 338 g/mol. The van der Waals surface area contributed by atoms with Gasteiger partial charge in [0, 0.05) is 11.6 Å². The van der Waals surface area contributed by atoms with Crippen LogP contribution in [0.25, 0.3) is 0 Å². The Morgan fingerprint density at radius 3 is 2.89 bits per heavy atom. The van der Waals surface area contributed by atoms with Gasteiger partial charge in [0.2, 0.25) is 0 Å². The Labute approximate surface area is 121 Å². The Hall–Kier alpha value is -1.40. The quantitative estimate of drug-likeness (QED) is 0.802. The Morgan fingerprint density at radius 1 is 1.53 bits per heavy atom. The van der Waals surface area contributed by atoms with Gasteiger partial charge in [0.25, 0.3) is 5.56 Å². The standard InChI is InChI=1S/C12H9BrClFN2O2/c1-19-8-3-2-7(9(15)4-8)5-17-6-16-11(14)10(13)12(17)18/h2-4,6H,5H2,1H3. The highest BCUT2D eigenvalue weighted by molar-refractivity contribution is 9.10. The van der Waals surface area contributed by atoms with Gasteiger partial charge >= 0.3 is 0 Å². The molecule has 0 spiro atoms. The summed E-state index contributed by atoms with van der Waals surface area (Å²) in [5, 5.41) is 0.0800.